The number of amides is 1. The Bertz CT molecular complexity index is 391. The van der Waals surface area contributed by atoms with E-state index in [1.165, 1.54) is 0 Å². The molecule has 4 heteroatoms. The van der Waals surface area contributed by atoms with Crippen molar-refractivity contribution < 1.29 is 4.79 Å². The molecule has 1 amide bonds. The van der Waals surface area contributed by atoms with Gasteiger partial charge in [0.1, 0.15) is 0 Å². The van der Waals surface area contributed by atoms with Crippen molar-refractivity contribution in [3.63, 3.8) is 0 Å². The highest BCUT2D eigenvalue weighted by atomic mass is 16.2. The summed E-state index contributed by atoms with van der Waals surface area (Å²) in [5.74, 6) is 0.655. The summed E-state index contributed by atoms with van der Waals surface area (Å²) in [6.45, 7) is 6.64. The quantitative estimate of drug-likeness (QED) is 0.882. The van der Waals surface area contributed by atoms with Crippen LogP contribution in [-0.4, -0.2) is 35.4 Å². The predicted octanol–water partition coefficient (Wildman–Crippen LogP) is 1.60. The fraction of sp³-hybridized carbons (Fsp3) is 0.571. The second kappa shape index (κ2) is 5.96. The SMILES string of the molecule is CC(C)CC(=O)N1CCNCC1c1cccnc1. The van der Waals surface area contributed by atoms with Gasteiger partial charge in [-0.15, -0.1) is 0 Å². The molecule has 18 heavy (non-hydrogen) atoms. The average Bonchev–Trinajstić information content (AvgIpc) is 2.39. The third-order valence-electron chi connectivity index (χ3n) is 3.22. The van der Waals surface area contributed by atoms with E-state index in [1.807, 2.05) is 23.2 Å². The lowest BCUT2D eigenvalue weighted by atomic mass is 10.0. The van der Waals surface area contributed by atoms with E-state index in [1.54, 1.807) is 6.20 Å². The monoisotopic (exact) mass is 247 g/mol. The van der Waals surface area contributed by atoms with Crippen LogP contribution in [0.4, 0.5) is 0 Å². The molecular formula is C14H21N3O. The number of carbonyl (C=O) groups is 1. The van der Waals surface area contributed by atoms with Gasteiger partial charge in [-0.1, -0.05) is 19.9 Å². The highest BCUT2D eigenvalue weighted by molar-refractivity contribution is 5.77. The Hall–Kier alpha value is -1.42. The van der Waals surface area contributed by atoms with Crippen LogP contribution in [0.3, 0.4) is 0 Å². The minimum Gasteiger partial charge on any atom is -0.333 e. The number of rotatable bonds is 3. The van der Waals surface area contributed by atoms with Crippen molar-refractivity contribution in [1.82, 2.24) is 15.2 Å². The van der Waals surface area contributed by atoms with Crippen LogP contribution in [0.1, 0.15) is 31.9 Å². The number of hydrogen-bond donors (Lipinski definition) is 1. The summed E-state index contributed by atoms with van der Waals surface area (Å²) in [5, 5.41) is 3.35. The zero-order chi connectivity index (χ0) is 13.0. The zero-order valence-electron chi connectivity index (χ0n) is 11.1. The summed E-state index contributed by atoms with van der Waals surface area (Å²) in [7, 11) is 0. The molecule has 2 heterocycles. The van der Waals surface area contributed by atoms with Crippen LogP contribution in [0.25, 0.3) is 0 Å². The van der Waals surface area contributed by atoms with E-state index in [9.17, 15) is 4.79 Å². The first-order valence-corrected chi connectivity index (χ1v) is 6.58. The van der Waals surface area contributed by atoms with E-state index in [2.05, 4.69) is 24.1 Å². The fourth-order valence-electron chi connectivity index (χ4n) is 2.34. The normalized spacial score (nSPS) is 20.2. The summed E-state index contributed by atoms with van der Waals surface area (Å²) in [6, 6.07) is 4.09. The Labute approximate surface area is 108 Å². The Kier molecular flexibility index (Phi) is 4.31. The van der Waals surface area contributed by atoms with E-state index >= 15 is 0 Å². The van der Waals surface area contributed by atoms with E-state index in [-0.39, 0.29) is 11.9 Å². The third-order valence-corrected chi connectivity index (χ3v) is 3.22. The molecule has 4 nitrogen and oxygen atoms in total. The molecule has 0 bridgehead atoms. The number of piperazine rings is 1. The number of carbonyl (C=O) groups excluding carboxylic acids is 1. The molecule has 1 atom stereocenters. The first kappa shape index (κ1) is 13.0. The number of pyridine rings is 1. The Morgan fingerprint density at radius 2 is 2.44 bits per heavy atom. The van der Waals surface area contributed by atoms with E-state index < -0.39 is 0 Å². The van der Waals surface area contributed by atoms with Crippen molar-refractivity contribution in [2.45, 2.75) is 26.3 Å². The van der Waals surface area contributed by atoms with Gasteiger partial charge in [0, 0.05) is 38.4 Å². The van der Waals surface area contributed by atoms with Crippen molar-refractivity contribution in [3.05, 3.63) is 30.1 Å². The van der Waals surface area contributed by atoms with Gasteiger partial charge >= 0.3 is 0 Å². The summed E-state index contributed by atoms with van der Waals surface area (Å²) < 4.78 is 0. The second-order valence-corrected chi connectivity index (χ2v) is 5.19. The highest BCUT2D eigenvalue weighted by Crippen LogP contribution is 2.22. The van der Waals surface area contributed by atoms with Gasteiger partial charge in [-0.05, 0) is 17.5 Å². The molecule has 0 radical (unpaired) electrons. The van der Waals surface area contributed by atoms with Crippen molar-refractivity contribution in [2.24, 2.45) is 5.92 Å². The Morgan fingerprint density at radius 3 is 3.11 bits per heavy atom. The number of nitrogens with one attached hydrogen (secondary N) is 1. The molecule has 1 aliphatic heterocycles. The molecule has 1 fully saturated rings. The number of nitrogens with zero attached hydrogens (tertiary/aromatic N) is 2. The standard InChI is InChI=1S/C14H21N3O/c1-11(2)8-14(18)17-7-6-16-10-13(17)12-4-3-5-15-9-12/h3-5,9,11,13,16H,6-8,10H2,1-2H3. The topological polar surface area (TPSA) is 45.2 Å². The van der Waals surface area contributed by atoms with Gasteiger partial charge in [0.25, 0.3) is 0 Å². The summed E-state index contributed by atoms with van der Waals surface area (Å²) >= 11 is 0. The van der Waals surface area contributed by atoms with Crippen LogP contribution < -0.4 is 5.32 Å². The maximum Gasteiger partial charge on any atom is 0.223 e. The second-order valence-electron chi connectivity index (χ2n) is 5.19. The molecule has 1 aliphatic rings. The van der Waals surface area contributed by atoms with Crippen LogP contribution in [0, 0.1) is 5.92 Å². The van der Waals surface area contributed by atoms with Gasteiger partial charge in [0.05, 0.1) is 6.04 Å². The maximum absolute atomic E-state index is 12.3. The fourth-order valence-corrected chi connectivity index (χ4v) is 2.34. The Balaban J connectivity index is 2.13. The molecule has 1 unspecified atom stereocenters. The van der Waals surface area contributed by atoms with Crippen LogP contribution >= 0.6 is 0 Å². The summed E-state index contributed by atoms with van der Waals surface area (Å²) in [5.41, 5.74) is 1.11. The molecule has 0 aliphatic carbocycles. The molecular weight excluding hydrogens is 226 g/mol. The van der Waals surface area contributed by atoms with Crippen LogP contribution in [0.5, 0.6) is 0 Å². The van der Waals surface area contributed by atoms with Crippen LogP contribution in [0.2, 0.25) is 0 Å². The molecule has 1 aromatic rings. The molecule has 1 aromatic heterocycles. The lowest BCUT2D eigenvalue weighted by molar-refractivity contribution is -0.135. The minimum atomic E-state index is 0.124. The average molecular weight is 247 g/mol. The van der Waals surface area contributed by atoms with Gasteiger partial charge in [0.2, 0.25) is 5.91 Å². The first-order chi connectivity index (χ1) is 8.68. The van der Waals surface area contributed by atoms with Crippen LogP contribution in [-0.2, 0) is 4.79 Å². The minimum absolute atomic E-state index is 0.124. The number of hydrogen-bond acceptors (Lipinski definition) is 3. The predicted molar refractivity (Wildman–Crippen MR) is 71.0 cm³/mol. The molecule has 98 valence electrons. The van der Waals surface area contributed by atoms with Crippen LogP contribution in [0.15, 0.2) is 24.5 Å². The van der Waals surface area contributed by atoms with Gasteiger partial charge in [-0.2, -0.15) is 0 Å². The lowest BCUT2D eigenvalue weighted by Crippen LogP contribution is -2.48. The van der Waals surface area contributed by atoms with Crippen molar-refractivity contribution in [2.75, 3.05) is 19.6 Å². The summed E-state index contributed by atoms with van der Waals surface area (Å²) in [4.78, 5) is 18.4. The number of aromatic nitrogens is 1. The first-order valence-electron chi connectivity index (χ1n) is 6.58. The molecule has 0 spiro atoms. The van der Waals surface area contributed by atoms with Gasteiger partial charge in [-0.25, -0.2) is 0 Å². The lowest BCUT2D eigenvalue weighted by Gasteiger charge is -2.36. The van der Waals surface area contributed by atoms with E-state index in [0.29, 0.717) is 12.3 Å². The molecule has 0 aromatic carbocycles. The van der Waals surface area contributed by atoms with Crippen molar-refractivity contribution >= 4 is 5.91 Å². The van der Waals surface area contributed by atoms with E-state index in [0.717, 1.165) is 25.2 Å². The molecule has 0 saturated carbocycles. The van der Waals surface area contributed by atoms with Crippen molar-refractivity contribution in [3.8, 4) is 0 Å². The third kappa shape index (κ3) is 3.07. The van der Waals surface area contributed by atoms with E-state index in [4.69, 9.17) is 0 Å². The highest BCUT2D eigenvalue weighted by Gasteiger charge is 2.27. The van der Waals surface area contributed by atoms with Crippen molar-refractivity contribution in [1.29, 1.82) is 0 Å². The maximum atomic E-state index is 12.3. The Morgan fingerprint density at radius 1 is 1.61 bits per heavy atom. The molecule has 2 rings (SSSR count). The molecule has 1 N–H and O–H groups in total. The zero-order valence-corrected chi connectivity index (χ0v) is 11.1. The largest absolute Gasteiger partial charge is 0.333 e. The summed E-state index contributed by atoms with van der Waals surface area (Å²) in [6.07, 6.45) is 4.24. The van der Waals surface area contributed by atoms with Gasteiger partial charge in [-0.3, -0.25) is 9.78 Å². The smallest absolute Gasteiger partial charge is 0.223 e. The van der Waals surface area contributed by atoms with Gasteiger partial charge < -0.3 is 10.2 Å². The van der Waals surface area contributed by atoms with Gasteiger partial charge in [0.15, 0.2) is 0 Å². The molecule has 1 saturated heterocycles.